The van der Waals surface area contributed by atoms with E-state index >= 15 is 0 Å². The molecule has 1 heterocycles. The summed E-state index contributed by atoms with van der Waals surface area (Å²) >= 11 is 0. The van der Waals surface area contributed by atoms with Crippen molar-refractivity contribution in [1.82, 2.24) is 4.98 Å². The molecule has 160 valence electrons. The van der Waals surface area contributed by atoms with Gasteiger partial charge in [0.05, 0.1) is 35.5 Å². The van der Waals surface area contributed by atoms with Crippen molar-refractivity contribution in [3.63, 3.8) is 0 Å². The van der Waals surface area contributed by atoms with Crippen molar-refractivity contribution < 1.29 is 28.1 Å². The van der Waals surface area contributed by atoms with E-state index in [2.05, 4.69) is 4.98 Å². The van der Waals surface area contributed by atoms with Crippen LogP contribution >= 0.6 is 0 Å². The second-order valence-corrected chi connectivity index (χ2v) is 6.65. The van der Waals surface area contributed by atoms with Gasteiger partial charge >= 0.3 is 0 Å². The Bertz CT molecular complexity index is 1230. The molecule has 7 heteroatoms. The molecule has 7 nitrogen and oxygen atoms in total. The summed E-state index contributed by atoms with van der Waals surface area (Å²) in [7, 11) is 7.97. The van der Waals surface area contributed by atoms with E-state index in [0.29, 0.717) is 40.2 Å². The van der Waals surface area contributed by atoms with Crippen molar-refractivity contribution in [3.05, 3.63) is 48.5 Å². The third-order valence-corrected chi connectivity index (χ3v) is 5.03. The number of ether oxygens (including phenoxy) is 5. The largest absolute Gasteiger partial charge is 0.493 e. The lowest BCUT2D eigenvalue weighted by Crippen LogP contribution is -1.96. The van der Waals surface area contributed by atoms with Crippen molar-refractivity contribution in [3.8, 4) is 51.3 Å². The van der Waals surface area contributed by atoms with Crippen LogP contribution in [0.25, 0.3) is 33.7 Å². The van der Waals surface area contributed by atoms with Crippen LogP contribution in [0.3, 0.4) is 0 Å². The number of oxazole rings is 1. The Morgan fingerprint density at radius 1 is 0.613 bits per heavy atom. The molecule has 0 aliphatic heterocycles. The van der Waals surface area contributed by atoms with Crippen LogP contribution in [0.15, 0.2) is 52.9 Å². The van der Waals surface area contributed by atoms with E-state index in [-0.39, 0.29) is 0 Å². The minimum Gasteiger partial charge on any atom is -0.493 e. The van der Waals surface area contributed by atoms with Gasteiger partial charge in [0.1, 0.15) is 5.52 Å². The summed E-state index contributed by atoms with van der Waals surface area (Å²) in [5.41, 5.74) is 3.94. The van der Waals surface area contributed by atoms with Gasteiger partial charge in [-0.25, -0.2) is 4.98 Å². The number of rotatable bonds is 7. The Labute approximate surface area is 180 Å². The van der Waals surface area contributed by atoms with Crippen LogP contribution < -0.4 is 23.7 Å². The molecule has 31 heavy (non-hydrogen) atoms. The predicted molar refractivity (Wildman–Crippen MR) is 118 cm³/mol. The topological polar surface area (TPSA) is 72.2 Å². The normalized spacial score (nSPS) is 10.7. The summed E-state index contributed by atoms with van der Waals surface area (Å²) in [4.78, 5) is 4.61. The molecule has 0 aliphatic rings. The molecule has 0 saturated heterocycles. The van der Waals surface area contributed by atoms with Crippen molar-refractivity contribution in [2.24, 2.45) is 0 Å². The van der Waals surface area contributed by atoms with E-state index in [1.54, 1.807) is 35.5 Å². The third kappa shape index (κ3) is 3.59. The molecule has 0 saturated carbocycles. The highest BCUT2D eigenvalue weighted by Gasteiger charge is 2.18. The zero-order chi connectivity index (χ0) is 22.0. The minimum atomic E-state index is 0.493. The van der Waals surface area contributed by atoms with Gasteiger partial charge in [0.2, 0.25) is 11.6 Å². The highest BCUT2D eigenvalue weighted by Crippen LogP contribution is 2.45. The highest BCUT2D eigenvalue weighted by atomic mass is 16.5. The maximum atomic E-state index is 6.06. The van der Waals surface area contributed by atoms with E-state index < -0.39 is 0 Å². The molecule has 0 radical (unpaired) electrons. The van der Waals surface area contributed by atoms with Crippen LogP contribution in [0.1, 0.15) is 0 Å². The fourth-order valence-electron chi connectivity index (χ4n) is 3.51. The van der Waals surface area contributed by atoms with Gasteiger partial charge in [-0.2, -0.15) is 0 Å². The van der Waals surface area contributed by atoms with Crippen LogP contribution in [0.4, 0.5) is 0 Å². The monoisotopic (exact) mass is 421 g/mol. The fourth-order valence-corrected chi connectivity index (χ4v) is 3.51. The average molecular weight is 421 g/mol. The highest BCUT2D eigenvalue weighted by molar-refractivity contribution is 5.85. The molecule has 0 unspecified atom stereocenters. The lowest BCUT2D eigenvalue weighted by molar-refractivity contribution is 0.325. The van der Waals surface area contributed by atoms with Gasteiger partial charge in [0.15, 0.2) is 28.6 Å². The van der Waals surface area contributed by atoms with Crippen molar-refractivity contribution in [1.29, 1.82) is 0 Å². The van der Waals surface area contributed by atoms with Crippen molar-refractivity contribution in [2.75, 3.05) is 35.5 Å². The predicted octanol–water partition coefficient (Wildman–Crippen LogP) is 5.20. The maximum absolute atomic E-state index is 6.06. The molecular formula is C24H23NO6. The number of hydrogen-bond donors (Lipinski definition) is 0. The number of fused-ring (bicyclic) bond motifs is 1. The summed E-state index contributed by atoms with van der Waals surface area (Å²) in [5, 5.41) is 0. The van der Waals surface area contributed by atoms with Crippen molar-refractivity contribution >= 4 is 11.1 Å². The molecule has 3 aromatic carbocycles. The smallest absolute Gasteiger partial charge is 0.227 e. The van der Waals surface area contributed by atoms with E-state index in [4.69, 9.17) is 28.1 Å². The number of hydrogen-bond acceptors (Lipinski definition) is 7. The Kier molecular flexibility index (Phi) is 5.58. The molecule has 0 N–H and O–H groups in total. The molecule has 0 spiro atoms. The first kappa shape index (κ1) is 20.4. The maximum Gasteiger partial charge on any atom is 0.227 e. The van der Waals surface area contributed by atoms with Crippen LogP contribution in [-0.4, -0.2) is 40.5 Å². The molecule has 0 atom stereocenters. The summed E-state index contributed by atoms with van der Waals surface area (Å²) in [6, 6.07) is 15.1. The van der Waals surface area contributed by atoms with E-state index in [1.165, 1.54) is 0 Å². The number of benzene rings is 3. The van der Waals surface area contributed by atoms with Gasteiger partial charge in [-0.05, 0) is 48.0 Å². The van der Waals surface area contributed by atoms with Gasteiger partial charge in [0.25, 0.3) is 0 Å². The summed E-state index contributed by atoms with van der Waals surface area (Å²) in [5.74, 6) is 3.46. The quantitative estimate of drug-likeness (QED) is 0.406. The molecule has 0 bridgehead atoms. The van der Waals surface area contributed by atoms with Gasteiger partial charge < -0.3 is 28.1 Å². The molecule has 4 rings (SSSR count). The number of nitrogens with zero attached hydrogens (tertiary/aromatic N) is 1. The zero-order valence-corrected chi connectivity index (χ0v) is 18.0. The first-order valence-corrected chi connectivity index (χ1v) is 9.55. The lowest BCUT2D eigenvalue weighted by Gasteiger charge is -2.15. The Morgan fingerprint density at radius 3 is 1.97 bits per heavy atom. The first-order chi connectivity index (χ1) is 15.1. The second-order valence-electron chi connectivity index (χ2n) is 6.65. The fraction of sp³-hybridized carbons (Fsp3) is 0.208. The van der Waals surface area contributed by atoms with Gasteiger partial charge in [-0.3, -0.25) is 0 Å². The van der Waals surface area contributed by atoms with Crippen LogP contribution in [0.5, 0.6) is 28.7 Å². The van der Waals surface area contributed by atoms with Crippen LogP contribution in [0.2, 0.25) is 0 Å². The minimum absolute atomic E-state index is 0.493. The first-order valence-electron chi connectivity index (χ1n) is 9.55. The average Bonchev–Trinajstić information content (AvgIpc) is 3.25. The van der Waals surface area contributed by atoms with Gasteiger partial charge in [0, 0.05) is 11.1 Å². The van der Waals surface area contributed by atoms with Crippen molar-refractivity contribution in [2.45, 2.75) is 0 Å². The lowest BCUT2D eigenvalue weighted by atomic mass is 10.0. The Balaban J connectivity index is 1.79. The standard InChI is InChI=1S/C24H23NO6/c1-26-18-10-7-15(13-21(18)28-3)24-25-17-9-6-14(12-20(17)31-24)16-8-11-19(27-2)23(30-5)22(16)29-4/h6-13H,1-5H3. The molecule has 0 fully saturated rings. The Morgan fingerprint density at radius 2 is 1.29 bits per heavy atom. The molecule has 1 aromatic heterocycles. The summed E-state index contributed by atoms with van der Waals surface area (Å²) in [6.07, 6.45) is 0. The van der Waals surface area contributed by atoms with E-state index in [9.17, 15) is 0 Å². The number of methoxy groups -OCH3 is 5. The van der Waals surface area contributed by atoms with E-state index in [1.807, 2.05) is 48.5 Å². The molecule has 0 aliphatic carbocycles. The second kappa shape index (κ2) is 8.47. The Hall–Kier alpha value is -3.87. The van der Waals surface area contributed by atoms with Crippen LogP contribution in [-0.2, 0) is 0 Å². The van der Waals surface area contributed by atoms with Gasteiger partial charge in [-0.1, -0.05) is 6.07 Å². The van der Waals surface area contributed by atoms with E-state index in [0.717, 1.165) is 22.2 Å². The SMILES string of the molecule is COc1ccc(-c2nc3ccc(-c4ccc(OC)c(OC)c4OC)cc3o2)cc1OC. The van der Waals surface area contributed by atoms with Gasteiger partial charge in [-0.15, -0.1) is 0 Å². The molecule has 0 amide bonds. The summed E-state index contributed by atoms with van der Waals surface area (Å²) < 4.78 is 33.2. The summed E-state index contributed by atoms with van der Waals surface area (Å²) in [6.45, 7) is 0. The third-order valence-electron chi connectivity index (χ3n) is 5.03. The molecular weight excluding hydrogens is 398 g/mol. The zero-order valence-electron chi connectivity index (χ0n) is 18.0. The van der Waals surface area contributed by atoms with Crippen LogP contribution in [0, 0.1) is 0 Å². The molecule has 4 aromatic rings. The number of aromatic nitrogens is 1.